The van der Waals surface area contributed by atoms with Gasteiger partial charge in [0.05, 0.1) is 11.3 Å². The van der Waals surface area contributed by atoms with Crippen molar-refractivity contribution in [2.75, 3.05) is 0 Å². The maximum Gasteiger partial charge on any atom is 0.233 e. The lowest BCUT2D eigenvalue weighted by atomic mass is 10.1. The summed E-state index contributed by atoms with van der Waals surface area (Å²) in [6.45, 7) is 5.67. The van der Waals surface area contributed by atoms with Crippen LogP contribution in [0.15, 0.2) is 34.0 Å². The fraction of sp³-hybridized carbons (Fsp3) is 0.333. The molecule has 0 aliphatic heterocycles. The Hall–Kier alpha value is -1.40. The second-order valence-electron chi connectivity index (χ2n) is 4.80. The maximum atomic E-state index is 12.9. The third-order valence-electron chi connectivity index (χ3n) is 2.97. The van der Waals surface area contributed by atoms with Crippen LogP contribution in [0.4, 0.5) is 4.39 Å². The number of halogens is 1. The van der Waals surface area contributed by atoms with Gasteiger partial charge in [-0.3, -0.25) is 4.79 Å². The molecule has 2 atom stereocenters. The summed E-state index contributed by atoms with van der Waals surface area (Å²) in [7, 11) is 0. The predicted molar refractivity (Wildman–Crippen MR) is 85.1 cm³/mol. The first kappa shape index (κ1) is 16.0. The smallest absolute Gasteiger partial charge is 0.233 e. The van der Waals surface area contributed by atoms with Crippen LogP contribution >= 0.6 is 23.1 Å². The summed E-state index contributed by atoms with van der Waals surface area (Å²) in [6, 6.07) is 6.01. The molecular formula is C15H17FN2OS2. The zero-order valence-corrected chi connectivity index (χ0v) is 13.7. The van der Waals surface area contributed by atoms with Crippen LogP contribution in [0, 0.1) is 12.7 Å². The van der Waals surface area contributed by atoms with Crippen molar-refractivity contribution in [3.63, 3.8) is 0 Å². The molecule has 2 rings (SSSR count). The SMILES string of the molecule is Cc1csc(S[C@H](C)C(=O)N[C@H](C)c2ccc(F)cc2)n1. The molecule has 0 bridgehead atoms. The van der Waals surface area contributed by atoms with Gasteiger partial charge in [0.1, 0.15) is 5.82 Å². The Kier molecular flexibility index (Phi) is 5.36. The van der Waals surface area contributed by atoms with E-state index < -0.39 is 0 Å². The van der Waals surface area contributed by atoms with Gasteiger partial charge in [0, 0.05) is 11.1 Å². The van der Waals surface area contributed by atoms with Crippen LogP contribution in [0.25, 0.3) is 0 Å². The molecule has 1 amide bonds. The van der Waals surface area contributed by atoms with Crippen molar-refractivity contribution in [3.8, 4) is 0 Å². The standard InChI is InChI=1S/C15H17FN2OS2/c1-9-8-20-15(17-9)21-11(3)14(19)18-10(2)12-4-6-13(16)7-5-12/h4-8,10-11H,1-3H3,(H,18,19)/t10-,11-/m1/s1. The zero-order valence-electron chi connectivity index (χ0n) is 12.1. The Bertz CT molecular complexity index is 612. The second-order valence-corrected chi connectivity index (χ2v) is 7.24. The summed E-state index contributed by atoms with van der Waals surface area (Å²) < 4.78 is 13.8. The van der Waals surface area contributed by atoms with Crippen molar-refractivity contribution in [1.29, 1.82) is 0 Å². The van der Waals surface area contributed by atoms with Crippen LogP contribution in [-0.2, 0) is 4.79 Å². The largest absolute Gasteiger partial charge is 0.349 e. The van der Waals surface area contributed by atoms with Gasteiger partial charge in [-0.2, -0.15) is 0 Å². The van der Waals surface area contributed by atoms with Crippen LogP contribution in [-0.4, -0.2) is 16.1 Å². The van der Waals surface area contributed by atoms with E-state index in [1.807, 2.05) is 26.2 Å². The first-order chi connectivity index (χ1) is 9.95. The lowest BCUT2D eigenvalue weighted by molar-refractivity contribution is -0.120. The third-order valence-corrected chi connectivity index (χ3v) is 5.16. The Morgan fingerprint density at radius 2 is 2.00 bits per heavy atom. The molecule has 3 nitrogen and oxygen atoms in total. The number of carbonyl (C=O) groups is 1. The molecule has 0 unspecified atom stereocenters. The highest BCUT2D eigenvalue weighted by molar-refractivity contribution is 8.02. The van der Waals surface area contributed by atoms with E-state index in [1.165, 1.54) is 23.9 Å². The van der Waals surface area contributed by atoms with Gasteiger partial charge in [-0.15, -0.1) is 11.3 Å². The monoisotopic (exact) mass is 324 g/mol. The molecule has 1 aromatic carbocycles. The van der Waals surface area contributed by atoms with Crippen molar-refractivity contribution >= 4 is 29.0 Å². The van der Waals surface area contributed by atoms with Gasteiger partial charge in [-0.1, -0.05) is 23.9 Å². The molecule has 1 aromatic heterocycles. The first-order valence-electron chi connectivity index (χ1n) is 6.60. The number of thioether (sulfide) groups is 1. The minimum atomic E-state index is -0.277. The lowest BCUT2D eigenvalue weighted by Gasteiger charge is -2.17. The van der Waals surface area contributed by atoms with Crippen molar-refractivity contribution in [1.82, 2.24) is 10.3 Å². The van der Waals surface area contributed by atoms with E-state index in [9.17, 15) is 9.18 Å². The number of benzene rings is 1. The van der Waals surface area contributed by atoms with Gasteiger partial charge < -0.3 is 5.32 Å². The number of amides is 1. The molecule has 0 radical (unpaired) electrons. The van der Waals surface area contributed by atoms with Crippen LogP contribution in [0.2, 0.25) is 0 Å². The van der Waals surface area contributed by atoms with E-state index in [2.05, 4.69) is 10.3 Å². The fourth-order valence-electron chi connectivity index (χ4n) is 1.76. The summed E-state index contributed by atoms with van der Waals surface area (Å²) in [5.74, 6) is -0.329. The van der Waals surface area contributed by atoms with Crippen molar-refractivity contribution in [2.24, 2.45) is 0 Å². The average molecular weight is 324 g/mol. The van der Waals surface area contributed by atoms with E-state index in [-0.39, 0.29) is 23.0 Å². The van der Waals surface area contributed by atoms with Gasteiger partial charge >= 0.3 is 0 Å². The Balaban J connectivity index is 1.92. The number of hydrogen-bond donors (Lipinski definition) is 1. The molecule has 0 saturated heterocycles. The summed E-state index contributed by atoms with van der Waals surface area (Å²) in [6.07, 6.45) is 0. The van der Waals surface area contributed by atoms with Crippen molar-refractivity contribution < 1.29 is 9.18 Å². The molecule has 112 valence electrons. The highest BCUT2D eigenvalue weighted by Gasteiger charge is 2.18. The molecule has 0 spiro atoms. The zero-order chi connectivity index (χ0) is 15.4. The number of hydrogen-bond acceptors (Lipinski definition) is 4. The molecule has 2 aromatic rings. The number of nitrogens with one attached hydrogen (secondary N) is 1. The number of thiazole rings is 1. The highest BCUT2D eigenvalue weighted by Crippen LogP contribution is 2.27. The van der Waals surface area contributed by atoms with Gasteiger partial charge in [0.25, 0.3) is 0 Å². The Morgan fingerprint density at radius 3 is 2.57 bits per heavy atom. The quantitative estimate of drug-likeness (QED) is 0.847. The van der Waals surface area contributed by atoms with Crippen molar-refractivity contribution in [3.05, 3.63) is 46.7 Å². The lowest BCUT2D eigenvalue weighted by Crippen LogP contribution is -2.33. The van der Waals surface area contributed by atoms with Crippen LogP contribution in [0.5, 0.6) is 0 Å². The highest BCUT2D eigenvalue weighted by atomic mass is 32.2. The fourth-order valence-corrected chi connectivity index (χ4v) is 3.75. The summed E-state index contributed by atoms with van der Waals surface area (Å²) in [5, 5.41) is 4.68. The molecule has 0 saturated carbocycles. The average Bonchev–Trinajstić information content (AvgIpc) is 2.84. The Labute approximate surface area is 132 Å². The second kappa shape index (κ2) is 7.04. The number of nitrogens with zero attached hydrogens (tertiary/aromatic N) is 1. The molecule has 0 fully saturated rings. The van der Waals surface area contributed by atoms with E-state index in [1.54, 1.807) is 23.5 Å². The van der Waals surface area contributed by atoms with Crippen LogP contribution < -0.4 is 5.32 Å². The van der Waals surface area contributed by atoms with E-state index in [0.29, 0.717) is 0 Å². The van der Waals surface area contributed by atoms with E-state index in [0.717, 1.165) is 15.6 Å². The van der Waals surface area contributed by atoms with E-state index >= 15 is 0 Å². The Morgan fingerprint density at radius 1 is 1.33 bits per heavy atom. The summed E-state index contributed by atoms with van der Waals surface area (Å²) in [4.78, 5) is 16.5. The number of rotatable bonds is 5. The van der Waals surface area contributed by atoms with Crippen molar-refractivity contribution in [2.45, 2.75) is 36.4 Å². The minimum Gasteiger partial charge on any atom is -0.349 e. The molecule has 6 heteroatoms. The molecule has 1 heterocycles. The topological polar surface area (TPSA) is 42.0 Å². The number of carbonyl (C=O) groups excluding carboxylic acids is 1. The molecule has 1 N–H and O–H groups in total. The van der Waals surface area contributed by atoms with Gasteiger partial charge in [0.2, 0.25) is 5.91 Å². The summed E-state index contributed by atoms with van der Waals surface area (Å²) >= 11 is 2.99. The number of aryl methyl sites for hydroxylation is 1. The van der Waals surface area contributed by atoms with Gasteiger partial charge in [0.15, 0.2) is 4.34 Å². The molecule has 0 aliphatic rings. The first-order valence-corrected chi connectivity index (χ1v) is 8.36. The van der Waals surface area contributed by atoms with Gasteiger partial charge in [-0.25, -0.2) is 9.37 Å². The summed E-state index contributed by atoms with van der Waals surface area (Å²) in [5.41, 5.74) is 1.85. The van der Waals surface area contributed by atoms with Crippen LogP contribution in [0.3, 0.4) is 0 Å². The normalized spacial score (nSPS) is 13.7. The molecular weight excluding hydrogens is 307 g/mol. The molecule has 0 aliphatic carbocycles. The van der Waals surface area contributed by atoms with Crippen LogP contribution in [0.1, 0.15) is 31.1 Å². The number of aromatic nitrogens is 1. The minimum absolute atomic E-state index is 0.0512. The third kappa shape index (κ3) is 4.54. The van der Waals surface area contributed by atoms with E-state index in [4.69, 9.17) is 0 Å². The predicted octanol–water partition coefficient (Wildman–Crippen LogP) is 3.95. The maximum absolute atomic E-state index is 12.9. The molecule has 21 heavy (non-hydrogen) atoms. The van der Waals surface area contributed by atoms with Gasteiger partial charge in [-0.05, 0) is 38.5 Å².